The lowest BCUT2D eigenvalue weighted by molar-refractivity contribution is 0.359. The first-order chi connectivity index (χ1) is 13.0. The molecule has 2 aromatic heterocycles. The minimum atomic E-state index is -3.90. The molecule has 142 valence electrons. The van der Waals surface area contributed by atoms with Gasteiger partial charge in [0.2, 0.25) is 0 Å². The van der Waals surface area contributed by atoms with E-state index in [1.165, 1.54) is 22.2 Å². The fourth-order valence-electron chi connectivity index (χ4n) is 3.99. The third-order valence-electron chi connectivity index (χ3n) is 5.48. The molecule has 0 spiro atoms. The van der Waals surface area contributed by atoms with Crippen LogP contribution >= 0.6 is 0 Å². The summed E-state index contributed by atoms with van der Waals surface area (Å²) < 4.78 is 41.2. The molecular formula is C20H22FN3O2S. The first-order valence-corrected chi connectivity index (χ1v) is 10.6. The maximum atomic E-state index is 13.6. The molecule has 1 fully saturated rings. The Morgan fingerprint density at radius 3 is 2.63 bits per heavy atom. The fraction of sp³-hybridized carbons (Fsp3) is 0.350. The van der Waals surface area contributed by atoms with Crippen LogP contribution in [0, 0.1) is 5.82 Å². The maximum Gasteiger partial charge on any atom is 0.268 e. The second-order valence-corrected chi connectivity index (χ2v) is 8.87. The molecule has 3 aromatic rings. The molecule has 1 aliphatic rings. The van der Waals surface area contributed by atoms with Crippen LogP contribution in [0.15, 0.2) is 53.7 Å². The summed E-state index contributed by atoms with van der Waals surface area (Å²) in [5, 5.41) is 3.32. The van der Waals surface area contributed by atoms with Gasteiger partial charge >= 0.3 is 0 Å². The van der Waals surface area contributed by atoms with Crippen molar-refractivity contribution in [3.05, 3.63) is 60.2 Å². The SMILES string of the molecule is CNC1CCC(c2cn(S(=O)(=O)c3cccc(F)c3)c3cccnc23)CC1. The van der Waals surface area contributed by atoms with Crippen LogP contribution in [0.3, 0.4) is 0 Å². The average Bonchev–Trinajstić information content (AvgIpc) is 3.08. The summed E-state index contributed by atoms with van der Waals surface area (Å²) in [5.41, 5.74) is 2.21. The Labute approximate surface area is 158 Å². The van der Waals surface area contributed by atoms with Crippen LogP contribution in [0.1, 0.15) is 37.2 Å². The first-order valence-electron chi connectivity index (χ1n) is 9.15. The molecule has 0 atom stereocenters. The van der Waals surface area contributed by atoms with Gasteiger partial charge in [-0.15, -0.1) is 0 Å². The highest BCUT2D eigenvalue weighted by molar-refractivity contribution is 7.90. The average molecular weight is 387 g/mol. The zero-order chi connectivity index (χ0) is 19.0. The van der Waals surface area contributed by atoms with E-state index >= 15 is 0 Å². The third kappa shape index (κ3) is 3.26. The molecule has 0 amide bonds. The van der Waals surface area contributed by atoms with Gasteiger partial charge in [-0.3, -0.25) is 4.98 Å². The van der Waals surface area contributed by atoms with Gasteiger partial charge < -0.3 is 5.32 Å². The van der Waals surface area contributed by atoms with Crippen molar-refractivity contribution in [1.82, 2.24) is 14.3 Å². The van der Waals surface area contributed by atoms with E-state index in [9.17, 15) is 12.8 Å². The Balaban J connectivity index is 1.81. The standard InChI is InChI=1S/C20H22FN3O2S/c1-22-16-9-7-14(8-10-16)18-13-24(19-6-3-11-23-20(18)19)27(25,26)17-5-2-4-15(21)12-17/h2-6,11-14,16,22H,7-10H2,1H3. The Hall–Kier alpha value is -2.25. The molecule has 1 N–H and O–H groups in total. The summed E-state index contributed by atoms with van der Waals surface area (Å²) in [6.45, 7) is 0. The van der Waals surface area contributed by atoms with Gasteiger partial charge in [-0.1, -0.05) is 6.07 Å². The van der Waals surface area contributed by atoms with Crippen molar-refractivity contribution in [3.63, 3.8) is 0 Å². The van der Waals surface area contributed by atoms with Gasteiger partial charge in [0.1, 0.15) is 5.82 Å². The molecule has 0 saturated heterocycles. The van der Waals surface area contributed by atoms with Crippen molar-refractivity contribution in [3.8, 4) is 0 Å². The number of benzene rings is 1. The van der Waals surface area contributed by atoms with E-state index in [0.717, 1.165) is 37.3 Å². The number of hydrogen-bond acceptors (Lipinski definition) is 4. The summed E-state index contributed by atoms with van der Waals surface area (Å²) in [5.74, 6) is -0.299. The Morgan fingerprint density at radius 1 is 1.15 bits per heavy atom. The molecule has 1 aromatic carbocycles. The van der Waals surface area contributed by atoms with Crippen LogP contribution in [-0.4, -0.2) is 30.5 Å². The second-order valence-electron chi connectivity index (χ2n) is 7.05. The van der Waals surface area contributed by atoms with Crippen molar-refractivity contribution < 1.29 is 12.8 Å². The number of rotatable bonds is 4. The minimum absolute atomic E-state index is 0.0614. The number of nitrogens with one attached hydrogen (secondary N) is 1. The second kappa shape index (κ2) is 7.05. The molecule has 1 saturated carbocycles. The van der Waals surface area contributed by atoms with E-state index in [0.29, 0.717) is 17.1 Å². The number of pyridine rings is 1. The zero-order valence-corrected chi connectivity index (χ0v) is 15.9. The van der Waals surface area contributed by atoms with Crippen LogP contribution in [0.4, 0.5) is 4.39 Å². The minimum Gasteiger partial charge on any atom is -0.317 e. The molecule has 0 unspecified atom stereocenters. The molecule has 0 bridgehead atoms. The van der Waals surface area contributed by atoms with Crippen molar-refractivity contribution >= 4 is 21.1 Å². The highest BCUT2D eigenvalue weighted by Gasteiger charge is 2.28. The predicted octanol–water partition coefficient (Wildman–Crippen LogP) is 3.66. The van der Waals surface area contributed by atoms with Gasteiger partial charge in [-0.25, -0.2) is 16.8 Å². The van der Waals surface area contributed by atoms with Gasteiger partial charge in [0.15, 0.2) is 0 Å². The van der Waals surface area contributed by atoms with Gasteiger partial charge in [-0.05, 0) is 69.0 Å². The largest absolute Gasteiger partial charge is 0.317 e. The maximum absolute atomic E-state index is 13.6. The van der Waals surface area contributed by atoms with E-state index < -0.39 is 15.8 Å². The Kier molecular flexibility index (Phi) is 4.74. The molecule has 1 aliphatic carbocycles. The Morgan fingerprint density at radius 2 is 1.93 bits per heavy atom. The predicted molar refractivity (Wildman–Crippen MR) is 103 cm³/mol. The third-order valence-corrected chi connectivity index (χ3v) is 7.15. The number of halogens is 1. The zero-order valence-electron chi connectivity index (χ0n) is 15.1. The van der Waals surface area contributed by atoms with E-state index in [4.69, 9.17) is 0 Å². The summed E-state index contributed by atoms with van der Waals surface area (Å²) in [6.07, 6.45) is 7.45. The van der Waals surface area contributed by atoms with Crippen LogP contribution in [0.5, 0.6) is 0 Å². The molecule has 4 rings (SSSR count). The highest BCUT2D eigenvalue weighted by atomic mass is 32.2. The molecule has 0 aliphatic heterocycles. The number of fused-ring (bicyclic) bond motifs is 1. The molecule has 2 heterocycles. The highest BCUT2D eigenvalue weighted by Crippen LogP contribution is 2.37. The van der Waals surface area contributed by atoms with Crippen LogP contribution in [-0.2, 0) is 10.0 Å². The van der Waals surface area contributed by atoms with Crippen molar-refractivity contribution in [2.45, 2.75) is 42.5 Å². The van der Waals surface area contributed by atoms with Crippen molar-refractivity contribution in [2.24, 2.45) is 0 Å². The van der Waals surface area contributed by atoms with E-state index in [-0.39, 0.29) is 10.8 Å². The number of nitrogens with zero attached hydrogens (tertiary/aromatic N) is 2. The van der Waals surface area contributed by atoms with Crippen LogP contribution in [0.2, 0.25) is 0 Å². The van der Waals surface area contributed by atoms with Gasteiger partial charge in [0.25, 0.3) is 10.0 Å². The summed E-state index contributed by atoms with van der Waals surface area (Å²) in [6, 6.07) is 9.10. The van der Waals surface area contributed by atoms with Crippen molar-refractivity contribution in [1.29, 1.82) is 0 Å². The Bertz CT molecular complexity index is 1070. The van der Waals surface area contributed by atoms with Gasteiger partial charge in [0.05, 0.1) is 15.9 Å². The molecule has 27 heavy (non-hydrogen) atoms. The lowest BCUT2D eigenvalue weighted by Gasteiger charge is -2.27. The van der Waals surface area contributed by atoms with Crippen LogP contribution < -0.4 is 5.32 Å². The van der Waals surface area contributed by atoms with E-state index in [1.54, 1.807) is 24.5 Å². The lowest BCUT2D eigenvalue weighted by atomic mass is 9.82. The smallest absolute Gasteiger partial charge is 0.268 e. The number of aromatic nitrogens is 2. The van der Waals surface area contributed by atoms with Crippen molar-refractivity contribution in [2.75, 3.05) is 7.05 Å². The summed E-state index contributed by atoms with van der Waals surface area (Å²) in [7, 11) is -1.92. The van der Waals surface area contributed by atoms with E-state index in [1.807, 2.05) is 7.05 Å². The summed E-state index contributed by atoms with van der Waals surface area (Å²) in [4.78, 5) is 4.40. The van der Waals surface area contributed by atoms with Gasteiger partial charge in [-0.2, -0.15) is 0 Å². The molecule has 5 nitrogen and oxygen atoms in total. The quantitative estimate of drug-likeness (QED) is 0.742. The molecular weight excluding hydrogens is 365 g/mol. The van der Waals surface area contributed by atoms with Gasteiger partial charge in [0, 0.05) is 24.0 Å². The first kappa shape index (κ1) is 18.1. The normalized spacial score (nSPS) is 20.8. The molecule has 7 heteroatoms. The van der Waals surface area contributed by atoms with Crippen LogP contribution in [0.25, 0.3) is 11.0 Å². The topological polar surface area (TPSA) is 64.0 Å². The lowest BCUT2D eigenvalue weighted by Crippen LogP contribution is -2.29. The van der Waals surface area contributed by atoms with E-state index in [2.05, 4.69) is 10.3 Å². The monoisotopic (exact) mass is 387 g/mol. The summed E-state index contributed by atoms with van der Waals surface area (Å²) >= 11 is 0. The number of hydrogen-bond donors (Lipinski definition) is 1. The fourth-order valence-corrected chi connectivity index (χ4v) is 5.38. The molecule has 0 radical (unpaired) electrons.